The van der Waals surface area contributed by atoms with E-state index in [-0.39, 0.29) is 5.91 Å². The van der Waals surface area contributed by atoms with Crippen LogP contribution in [0.4, 0.5) is 5.82 Å². The number of fused-ring (bicyclic) bond motifs is 1. The number of carbonyl (C=O) groups excluding carboxylic acids is 1. The molecule has 6 nitrogen and oxygen atoms in total. The van der Waals surface area contributed by atoms with Gasteiger partial charge in [0, 0.05) is 43.0 Å². The molecule has 0 N–H and O–H groups in total. The van der Waals surface area contributed by atoms with E-state index < -0.39 is 0 Å². The van der Waals surface area contributed by atoms with Crippen LogP contribution in [-0.4, -0.2) is 53.6 Å². The van der Waals surface area contributed by atoms with Crippen molar-refractivity contribution in [1.82, 2.24) is 14.9 Å². The predicted octanol–water partition coefficient (Wildman–Crippen LogP) is 6.23. The summed E-state index contributed by atoms with van der Waals surface area (Å²) in [5, 5.41) is 1.16. The number of aryl methyl sites for hydroxylation is 4. The van der Waals surface area contributed by atoms with Gasteiger partial charge in [-0.25, -0.2) is 9.97 Å². The minimum absolute atomic E-state index is 0.0729. The molecule has 1 aliphatic heterocycles. The molecule has 0 saturated carbocycles. The summed E-state index contributed by atoms with van der Waals surface area (Å²) in [4.78, 5) is 29.9. The van der Waals surface area contributed by atoms with E-state index in [0.717, 1.165) is 66.4 Å². The van der Waals surface area contributed by atoms with E-state index in [0.29, 0.717) is 25.3 Å². The second-order valence-corrected chi connectivity index (χ2v) is 11.1. The van der Waals surface area contributed by atoms with Crippen LogP contribution in [0.25, 0.3) is 10.2 Å². The Morgan fingerprint density at radius 1 is 0.947 bits per heavy atom. The summed E-state index contributed by atoms with van der Waals surface area (Å²) in [6, 6.07) is 18.1. The van der Waals surface area contributed by atoms with Gasteiger partial charge in [0.05, 0.1) is 12.0 Å². The Kier molecular flexibility index (Phi) is 8.23. The average Bonchev–Trinajstić information content (AvgIpc) is 3.25. The van der Waals surface area contributed by atoms with Crippen molar-refractivity contribution in [3.05, 3.63) is 82.0 Å². The largest absolute Gasteiger partial charge is 0.494 e. The van der Waals surface area contributed by atoms with Crippen molar-refractivity contribution in [2.45, 2.75) is 46.5 Å². The lowest BCUT2D eigenvalue weighted by atomic mass is 10.1. The predicted molar refractivity (Wildman–Crippen MR) is 156 cm³/mol. The SMILES string of the molecule is CCCCOc1ccc(C(=O)N2CCN(c3nc(CCc4ccccc4)nc4sc(C)c(C)c34)CC2)cc1. The van der Waals surface area contributed by atoms with E-state index >= 15 is 0 Å². The molecule has 7 heteroatoms. The number of hydrogen-bond donors (Lipinski definition) is 0. The van der Waals surface area contributed by atoms with Crippen LogP contribution in [0.2, 0.25) is 0 Å². The zero-order valence-corrected chi connectivity index (χ0v) is 23.4. The highest BCUT2D eigenvalue weighted by atomic mass is 32.1. The van der Waals surface area contributed by atoms with Crippen LogP contribution in [0, 0.1) is 13.8 Å². The van der Waals surface area contributed by atoms with Gasteiger partial charge < -0.3 is 14.5 Å². The number of benzene rings is 2. The molecule has 1 saturated heterocycles. The molecule has 4 aromatic rings. The van der Waals surface area contributed by atoms with Crippen LogP contribution in [-0.2, 0) is 12.8 Å². The third-order valence-electron chi connectivity index (χ3n) is 7.27. The van der Waals surface area contributed by atoms with Crippen molar-refractivity contribution in [2.75, 3.05) is 37.7 Å². The molecule has 0 aliphatic carbocycles. The first-order valence-electron chi connectivity index (χ1n) is 13.6. The number of ether oxygens (including phenoxy) is 1. The molecule has 1 fully saturated rings. The summed E-state index contributed by atoms with van der Waals surface area (Å²) < 4.78 is 5.75. The summed E-state index contributed by atoms with van der Waals surface area (Å²) in [5.41, 5.74) is 3.26. The van der Waals surface area contributed by atoms with Crippen LogP contribution in [0.1, 0.15) is 52.0 Å². The van der Waals surface area contributed by atoms with Crippen LogP contribution in [0.3, 0.4) is 0 Å². The number of rotatable bonds is 9. The zero-order valence-electron chi connectivity index (χ0n) is 22.6. The molecule has 0 atom stereocenters. The van der Waals surface area contributed by atoms with Gasteiger partial charge >= 0.3 is 0 Å². The Labute approximate surface area is 229 Å². The van der Waals surface area contributed by atoms with Crippen molar-refractivity contribution in [3.8, 4) is 5.75 Å². The smallest absolute Gasteiger partial charge is 0.253 e. The lowest BCUT2D eigenvalue weighted by Crippen LogP contribution is -2.49. The van der Waals surface area contributed by atoms with Crippen LogP contribution in [0.5, 0.6) is 5.75 Å². The number of unbranched alkanes of at least 4 members (excludes halogenated alkanes) is 1. The first-order chi connectivity index (χ1) is 18.5. The second-order valence-electron chi connectivity index (χ2n) is 9.92. The van der Waals surface area contributed by atoms with Crippen molar-refractivity contribution >= 4 is 33.3 Å². The molecule has 38 heavy (non-hydrogen) atoms. The fourth-order valence-electron chi connectivity index (χ4n) is 4.84. The molecular formula is C31H36N4O2S. The maximum Gasteiger partial charge on any atom is 0.253 e. The summed E-state index contributed by atoms with van der Waals surface area (Å²) in [5.74, 6) is 2.79. The molecule has 0 bridgehead atoms. The van der Waals surface area contributed by atoms with Gasteiger partial charge in [-0.2, -0.15) is 0 Å². The number of amides is 1. The quantitative estimate of drug-likeness (QED) is 0.241. The van der Waals surface area contributed by atoms with Gasteiger partial charge in [-0.1, -0.05) is 43.7 Å². The average molecular weight is 529 g/mol. The molecule has 2 aromatic heterocycles. The highest BCUT2D eigenvalue weighted by molar-refractivity contribution is 7.18. The molecule has 1 amide bonds. The van der Waals surface area contributed by atoms with E-state index in [1.165, 1.54) is 16.0 Å². The topological polar surface area (TPSA) is 58.6 Å². The Hall–Kier alpha value is -3.45. The Balaban J connectivity index is 1.28. The second kappa shape index (κ2) is 11.9. The summed E-state index contributed by atoms with van der Waals surface area (Å²) >= 11 is 1.75. The van der Waals surface area contributed by atoms with Crippen LogP contribution >= 0.6 is 11.3 Å². The van der Waals surface area contributed by atoms with E-state index in [1.54, 1.807) is 11.3 Å². The summed E-state index contributed by atoms with van der Waals surface area (Å²) in [7, 11) is 0. The minimum atomic E-state index is 0.0729. The van der Waals surface area contributed by atoms with E-state index in [2.05, 4.69) is 49.9 Å². The summed E-state index contributed by atoms with van der Waals surface area (Å²) in [6.45, 7) is 10.0. The third-order valence-corrected chi connectivity index (χ3v) is 8.37. The molecule has 0 spiro atoms. The first-order valence-corrected chi connectivity index (χ1v) is 14.4. The van der Waals surface area contributed by atoms with Crippen LogP contribution in [0.15, 0.2) is 54.6 Å². The molecular weight excluding hydrogens is 492 g/mol. The minimum Gasteiger partial charge on any atom is -0.494 e. The normalized spacial score (nSPS) is 13.8. The molecule has 3 heterocycles. The first kappa shape index (κ1) is 26.2. The molecule has 0 radical (unpaired) electrons. The van der Waals surface area contributed by atoms with E-state index in [9.17, 15) is 4.79 Å². The number of anilines is 1. The Morgan fingerprint density at radius 3 is 2.39 bits per heavy atom. The highest BCUT2D eigenvalue weighted by Gasteiger charge is 2.26. The lowest BCUT2D eigenvalue weighted by Gasteiger charge is -2.36. The fraction of sp³-hybridized carbons (Fsp3) is 0.387. The standard InChI is InChI=1S/C31H36N4O2S/c1-4-5-21-37-26-14-12-25(13-15-26)31(36)35-19-17-34(18-20-35)29-28-22(2)23(3)38-30(28)33-27(32-29)16-11-24-9-7-6-8-10-24/h6-10,12-15H,4-5,11,16-21H2,1-3H3. The maximum atomic E-state index is 13.2. The molecule has 1 aliphatic rings. The Bertz CT molecular complexity index is 1380. The molecule has 5 rings (SSSR count). The van der Waals surface area contributed by atoms with Crippen molar-refractivity contribution in [1.29, 1.82) is 0 Å². The number of hydrogen-bond acceptors (Lipinski definition) is 6. The molecule has 0 unspecified atom stereocenters. The van der Waals surface area contributed by atoms with Crippen molar-refractivity contribution < 1.29 is 9.53 Å². The Morgan fingerprint density at radius 2 is 1.68 bits per heavy atom. The van der Waals surface area contributed by atoms with Crippen molar-refractivity contribution in [2.24, 2.45) is 0 Å². The molecule has 198 valence electrons. The van der Waals surface area contributed by atoms with E-state index in [1.807, 2.05) is 35.2 Å². The number of thiophene rings is 1. The number of aromatic nitrogens is 2. The lowest BCUT2D eigenvalue weighted by molar-refractivity contribution is 0.0746. The van der Waals surface area contributed by atoms with Gasteiger partial charge in [0.25, 0.3) is 5.91 Å². The zero-order chi connectivity index (χ0) is 26.5. The number of nitrogens with zero attached hydrogens (tertiary/aromatic N) is 4. The van der Waals surface area contributed by atoms with Gasteiger partial charge in [0.15, 0.2) is 0 Å². The van der Waals surface area contributed by atoms with Crippen LogP contribution < -0.4 is 9.64 Å². The van der Waals surface area contributed by atoms with E-state index in [4.69, 9.17) is 14.7 Å². The third kappa shape index (κ3) is 5.83. The maximum absolute atomic E-state index is 13.2. The number of piperazine rings is 1. The number of carbonyl (C=O) groups is 1. The van der Waals surface area contributed by atoms with Gasteiger partial charge in [-0.15, -0.1) is 11.3 Å². The van der Waals surface area contributed by atoms with Crippen molar-refractivity contribution in [3.63, 3.8) is 0 Å². The van der Waals surface area contributed by atoms with Gasteiger partial charge in [0.2, 0.25) is 0 Å². The highest BCUT2D eigenvalue weighted by Crippen LogP contribution is 2.35. The van der Waals surface area contributed by atoms with Gasteiger partial charge in [-0.05, 0) is 62.1 Å². The monoisotopic (exact) mass is 528 g/mol. The fourth-order valence-corrected chi connectivity index (χ4v) is 5.89. The van der Waals surface area contributed by atoms with Gasteiger partial charge in [0.1, 0.15) is 22.2 Å². The summed E-state index contributed by atoms with van der Waals surface area (Å²) in [6.07, 6.45) is 3.85. The molecule has 2 aromatic carbocycles. The van der Waals surface area contributed by atoms with Gasteiger partial charge in [-0.3, -0.25) is 4.79 Å².